The second kappa shape index (κ2) is 12.3. The molecular formula is C2H6N2Na2O5S. The van der Waals surface area contributed by atoms with Crippen molar-refractivity contribution in [1.29, 1.82) is 0 Å². The van der Waals surface area contributed by atoms with Gasteiger partial charge in [0.25, 0.3) is 0 Å². The van der Waals surface area contributed by atoms with Crippen LogP contribution in [0.3, 0.4) is 0 Å². The van der Waals surface area contributed by atoms with E-state index in [-0.39, 0.29) is 59.1 Å². The first-order valence-corrected chi connectivity index (χ1v) is 3.28. The van der Waals surface area contributed by atoms with Crippen LogP contribution >= 0.6 is 0 Å². The number of azo groups is 1. The average Bonchev–Trinajstić information content (AvgIpc) is 1.61. The third-order valence-electron chi connectivity index (χ3n) is 0.282. The van der Waals surface area contributed by atoms with Crippen molar-refractivity contribution in [3.05, 3.63) is 5.21 Å². The van der Waals surface area contributed by atoms with Gasteiger partial charge in [0.05, 0.1) is 7.05 Å². The molecule has 0 aromatic carbocycles. The number of rotatable bonds is 0. The monoisotopic (exact) mass is 216 g/mol. The molecule has 0 unspecified atom stereocenters. The molecule has 0 aliphatic rings. The Morgan fingerprint density at radius 3 is 1.33 bits per heavy atom. The van der Waals surface area contributed by atoms with E-state index in [1.54, 1.807) is 0 Å². The molecule has 0 saturated carbocycles. The minimum absolute atomic E-state index is 0. The molecule has 0 heterocycles. The number of nitrogens with zero attached hydrogens (tertiary/aromatic N) is 2. The zero-order valence-corrected chi connectivity index (χ0v) is 12.2. The number of hydrogen-bond donors (Lipinski definition) is 0. The Hall–Kier alpha value is 1.27. The Morgan fingerprint density at radius 1 is 1.25 bits per heavy atom. The van der Waals surface area contributed by atoms with E-state index in [0.29, 0.717) is 4.86 Å². The Morgan fingerprint density at radius 2 is 1.33 bits per heavy atom. The fourth-order valence-corrected chi connectivity index (χ4v) is 0. The molecule has 0 bridgehead atoms. The van der Waals surface area contributed by atoms with Crippen LogP contribution in [0.2, 0.25) is 0 Å². The number of hydrogen-bond acceptors (Lipinski definition) is 6. The molecule has 7 nitrogen and oxygen atoms in total. The van der Waals surface area contributed by atoms with Gasteiger partial charge in [0, 0.05) is 10.4 Å². The van der Waals surface area contributed by atoms with Gasteiger partial charge in [-0.05, 0) is 5.11 Å². The van der Waals surface area contributed by atoms with Crippen LogP contribution in [0.4, 0.5) is 0 Å². The molecule has 0 aromatic heterocycles. The Kier molecular flexibility index (Phi) is 23.8. The zero-order chi connectivity index (χ0) is 8.78. The second-order valence-corrected chi connectivity index (χ2v) is 1.89. The van der Waals surface area contributed by atoms with Crippen LogP contribution < -0.4 is 59.1 Å². The van der Waals surface area contributed by atoms with E-state index in [0.717, 1.165) is 0 Å². The summed E-state index contributed by atoms with van der Waals surface area (Å²) >= 11 is 0. The van der Waals surface area contributed by atoms with Crippen molar-refractivity contribution < 1.29 is 81.5 Å². The summed E-state index contributed by atoms with van der Waals surface area (Å²) in [5.41, 5.74) is 0. The van der Waals surface area contributed by atoms with Crippen molar-refractivity contribution in [3.8, 4) is 0 Å². The molecule has 0 saturated heterocycles. The summed E-state index contributed by atoms with van der Waals surface area (Å²) in [7, 11) is -2.40. The Bertz CT molecular complexity index is 189. The van der Waals surface area contributed by atoms with E-state index in [1.165, 1.54) is 14.1 Å². The van der Waals surface area contributed by atoms with Gasteiger partial charge in [-0.15, -0.1) is 4.86 Å². The summed E-state index contributed by atoms with van der Waals surface area (Å²) in [5.74, 6) is 0. The van der Waals surface area contributed by atoms with Crippen molar-refractivity contribution in [2.45, 2.75) is 0 Å². The van der Waals surface area contributed by atoms with Crippen LogP contribution in [0, 0.1) is 5.21 Å². The molecule has 0 fully saturated rings. The van der Waals surface area contributed by atoms with Crippen molar-refractivity contribution >= 4 is 10.4 Å². The molecule has 0 radical (unpaired) electrons. The molecule has 62 valence electrons. The van der Waals surface area contributed by atoms with Crippen LogP contribution in [0.1, 0.15) is 0 Å². The number of hydroxylamine groups is 1. The fraction of sp³-hybridized carbons (Fsp3) is 1.00. The maximum absolute atomic E-state index is 9.56. The smallest absolute Gasteiger partial charge is 0.759 e. The van der Waals surface area contributed by atoms with E-state index in [2.05, 4.69) is 5.11 Å². The summed E-state index contributed by atoms with van der Waals surface area (Å²) in [6.45, 7) is 0. The first-order chi connectivity index (χ1) is 4.27. The third-order valence-corrected chi connectivity index (χ3v) is 0.282. The van der Waals surface area contributed by atoms with Crippen LogP contribution in [-0.2, 0) is 10.4 Å². The van der Waals surface area contributed by atoms with Crippen molar-refractivity contribution in [2.75, 3.05) is 14.1 Å². The van der Waals surface area contributed by atoms with Gasteiger partial charge in [-0.1, -0.05) is 0 Å². The Balaban J connectivity index is -0.0000000457. The van der Waals surface area contributed by atoms with Crippen molar-refractivity contribution in [3.63, 3.8) is 0 Å². The minimum atomic E-state index is -5.17. The topological polar surface area (TPSA) is 119 Å². The molecule has 0 aliphatic carbocycles. The first kappa shape index (κ1) is 23.2. The van der Waals surface area contributed by atoms with Crippen molar-refractivity contribution in [1.82, 2.24) is 0 Å². The van der Waals surface area contributed by atoms with E-state index in [4.69, 9.17) is 17.5 Å². The third kappa shape index (κ3) is 111. The molecule has 0 atom stereocenters. The predicted octanol–water partition coefficient (Wildman–Crippen LogP) is -7.12. The van der Waals surface area contributed by atoms with E-state index in [1.807, 2.05) is 0 Å². The molecule has 0 aromatic rings. The van der Waals surface area contributed by atoms with Gasteiger partial charge in [-0.3, -0.25) is 8.42 Å². The maximum Gasteiger partial charge on any atom is 1.00 e. The van der Waals surface area contributed by atoms with E-state index < -0.39 is 10.4 Å². The van der Waals surface area contributed by atoms with E-state index >= 15 is 0 Å². The van der Waals surface area contributed by atoms with Crippen LogP contribution in [0.5, 0.6) is 0 Å². The molecular weight excluding hydrogens is 210 g/mol. The summed E-state index contributed by atoms with van der Waals surface area (Å²) in [5, 5.41) is 12.7. The average molecular weight is 216 g/mol. The minimum Gasteiger partial charge on any atom is -0.759 e. The van der Waals surface area contributed by atoms with Gasteiger partial charge in [0.2, 0.25) is 0 Å². The van der Waals surface area contributed by atoms with Gasteiger partial charge >= 0.3 is 59.1 Å². The van der Waals surface area contributed by atoms with Gasteiger partial charge in [-0.2, -0.15) is 0 Å². The Labute approximate surface area is 115 Å². The SMILES string of the molecule is CN=[N+](C)[O-].O=S(=O)([O-])[O-].[Na+].[Na+]. The maximum atomic E-state index is 9.56. The molecule has 10 heteroatoms. The van der Waals surface area contributed by atoms with E-state index in [9.17, 15) is 5.21 Å². The van der Waals surface area contributed by atoms with Gasteiger partial charge in [0.15, 0.2) is 7.05 Å². The fourth-order valence-electron chi connectivity index (χ4n) is 0. The second-order valence-electron chi connectivity index (χ2n) is 1.07. The zero-order valence-electron chi connectivity index (χ0n) is 7.34. The largest absolute Gasteiger partial charge is 1.00 e. The standard InChI is InChI=1S/C2H6N2O.2Na.H2O4S/c1-3-4(2)5;;;1-5(2,3)4/h1-2H3;;;(H2,1,2,3,4)/q;2*+1;/p-2. The summed E-state index contributed by atoms with van der Waals surface area (Å²) < 4.78 is 34.1. The summed E-state index contributed by atoms with van der Waals surface area (Å²) in [4.78, 5) is 0.500. The van der Waals surface area contributed by atoms with Gasteiger partial charge in [-0.25, -0.2) is 0 Å². The molecule has 0 amide bonds. The predicted molar refractivity (Wildman–Crippen MR) is 28.4 cm³/mol. The van der Waals surface area contributed by atoms with Crippen molar-refractivity contribution in [2.24, 2.45) is 5.11 Å². The molecule has 0 rings (SSSR count). The van der Waals surface area contributed by atoms with Crippen LogP contribution in [-0.4, -0.2) is 36.5 Å². The summed E-state index contributed by atoms with van der Waals surface area (Å²) in [6.07, 6.45) is 0. The first-order valence-electron chi connectivity index (χ1n) is 1.94. The molecule has 0 aliphatic heterocycles. The molecule has 0 spiro atoms. The quantitative estimate of drug-likeness (QED) is 0.0994. The summed E-state index contributed by atoms with van der Waals surface area (Å²) in [6, 6.07) is 0. The van der Waals surface area contributed by atoms with Gasteiger partial charge in [0.1, 0.15) is 0 Å². The molecule has 12 heavy (non-hydrogen) atoms. The molecule has 0 N–H and O–H groups in total. The van der Waals surface area contributed by atoms with Gasteiger partial charge < -0.3 is 14.3 Å². The van der Waals surface area contributed by atoms with Crippen LogP contribution in [0.25, 0.3) is 0 Å². The van der Waals surface area contributed by atoms with Crippen LogP contribution in [0.15, 0.2) is 5.11 Å². The normalized spacial score (nSPS) is 9.83.